The fourth-order valence-electron chi connectivity index (χ4n) is 2.92. The molecule has 0 radical (unpaired) electrons. The summed E-state index contributed by atoms with van der Waals surface area (Å²) in [6, 6.07) is 11.0. The average Bonchev–Trinajstić information content (AvgIpc) is 2.60. The molecular weight excluding hydrogens is 412 g/mol. The Labute approximate surface area is 177 Å². The highest BCUT2D eigenvalue weighted by Gasteiger charge is 2.31. The molecule has 0 aromatic heterocycles. The van der Waals surface area contributed by atoms with Crippen molar-refractivity contribution in [2.45, 2.75) is 46.3 Å². The van der Waals surface area contributed by atoms with Gasteiger partial charge in [-0.25, -0.2) is 8.42 Å². The first-order chi connectivity index (χ1) is 13.5. The van der Waals surface area contributed by atoms with Gasteiger partial charge in [-0.05, 0) is 57.0 Å². The summed E-state index contributed by atoms with van der Waals surface area (Å²) >= 11 is 6.19. The molecule has 6 nitrogen and oxygen atoms in total. The highest BCUT2D eigenvalue weighted by atomic mass is 35.5. The minimum atomic E-state index is -3.73. The molecule has 8 heteroatoms. The van der Waals surface area contributed by atoms with Crippen molar-refractivity contribution in [3.8, 4) is 5.75 Å². The molecule has 0 saturated carbocycles. The third kappa shape index (κ3) is 6.11. The SMILES string of the molecule is CC[C@H](C(=O)Nc1cccc(OC(C)C)c1)N(c1ccc(C)c(Cl)c1)S(C)(=O)=O. The van der Waals surface area contributed by atoms with Crippen LogP contribution in [0.3, 0.4) is 0 Å². The number of ether oxygens (including phenoxy) is 1. The predicted molar refractivity (Wildman–Crippen MR) is 118 cm³/mol. The number of halogens is 1. The van der Waals surface area contributed by atoms with E-state index in [1.54, 1.807) is 49.4 Å². The van der Waals surface area contributed by atoms with Gasteiger partial charge in [0.05, 0.1) is 18.0 Å². The Morgan fingerprint density at radius 3 is 2.45 bits per heavy atom. The predicted octanol–water partition coefficient (Wildman–Crippen LogP) is 4.62. The molecule has 0 heterocycles. The molecule has 0 spiro atoms. The smallest absolute Gasteiger partial charge is 0.248 e. The number of hydrogen-bond acceptors (Lipinski definition) is 4. The molecule has 0 bridgehead atoms. The fourth-order valence-corrected chi connectivity index (χ4v) is 4.30. The third-order valence-corrected chi connectivity index (χ3v) is 5.80. The summed E-state index contributed by atoms with van der Waals surface area (Å²) < 4.78 is 31.8. The summed E-state index contributed by atoms with van der Waals surface area (Å²) in [5.74, 6) is 0.187. The summed E-state index contributed by atoms with van der Waals surface area (Å²) in [4.78, 5) is 13.0. The highest BCUT2D eigenvalue weighted by molar-refractivity contribution is 7.92. The second kappa shape index (κ2) is 9.50. The van der Waals surface area contributed by atoms with E-state index < -0.39 is 22.0 Å². The van der Waals surface area contributed by atoms with Crippen molar-refractivity contribution < 1.29 is 17.9 Å². The lowest BCUT2D eigenvalue weighted by Crippen LogP contribution is -2.47. The number of benzene rings is 2. The molecule has 1 amide bonds. The van der Waals surface area contributed by atoms with Crippen LogP contribution >= 0.6 is 11.6 Å². The Bertz CT molecular complexity index is 976. The molecule has 0 saturated heterocycles. The first kappa shape index (κ1) is 23.0. The van der Waals surface area contributed by atoms with Gasteiger partial charge in [0.2, 0.25) is 15.9 Å². The summed E-state index contributed by atoms with van der Waals surface area (Å²) in [6.07, 6.45) is 1.36. The van der Waals surface area contributed by atoms with Crippen molar-refractivity contribution >= 4 is 38.9 Å². The van der Waals surface area contributed by atoms with Crippen LogP contribution < -0.4 is 14.4 Å². The number of hydrogen-bond donors (Lipinski definition) is 1. The number of carbonyl (C=O) groups is 1. The molecule has 2 aromatic carbocycles. The van der Waals surface area contributed by atoms with Gasteiger partial charge in [-0.15, -0.1) is 0 Å². The highest BCUT2D eigenvalue weighted by Crippen LogP contribution is 2.28. The summed E-state index contributed by atoms with van der Waals surface area (Å²) in [6.45, 7) is 7.41. The molecular formula is C21H27ClN2O4S. The van der Waals surface area contributed by atoms with E-state index in [4.69, 9.17) is 16.3 Å². The van der Waals surface area contributed by atoms with Gasteiger partial charge in [-0.1, -0.05) is 30.7 Å². The second-order valence-electron chi connectivity index (χ2n) is 7.10. The fraction of sp³-hybridized carbons (Fsp3) is 0.381. The van der Waals surface area contributed by atoms with Gasteiger partial charge >= 0.3 is 0 Å². The molecule has 29 heavy (non-hydrogen) atoms. The molecule has 0 aliphatic heterocycles. The molecule has 1 N–H and O–H groups in total. The largest absolute Gasteiger partial charge is 0.491 e. The van der Waals surface area contributed by atoms with E-state index in [1.807, 2.05) is 20.8 Å². The number of rotatable bonds is 8. The zero-order valence-electron chi connectivity index (χ0n) is 17.3. The van der Waals surface area contributed by atoms with Crippen molar-refractivity contribution in [2.24, 2.45) is 0 Å². The first-order valence-electron chi connectivity index (χ1n) is 9.36. The summed E-state index contributed by atoms with van der Waals surface area (Å²) in [5, 5.41) is 3.23. The lowest BCUT2D eigenvalue weighted by Gasteiger charge is -2.30. The van der Waals surface area contributed by atoms with E-state index in [2.05, 4.69) is 5.32 Å². The maximum Gasteiger partial charge on any atom is 0.248 e. The molecule has 0 unspecified atom stereocenters. The lowest BCUT2D eigenvalue weighted by molar-refractivity contribution is -0.117. The van der Waals surface area contributed by atoms with Crippen molar-refractivity contribution in [3.05, 3.63) is 53.1 Å². The lowest BCUT2D eigenvalue weighted by atomic mass is 10.1. The van der Waals surface area contributed by atoms with Gasteiger partial charge in [-0.3, -0.25) is 9.10 Å². The van der Waals surface area contributed by atoms with Crippen molar-refractivity contribution in [3.63, 3.8) is 0 Å². The van der Waals surface area contributed by atoms with Gasteiger partial charge in [-0.2, -0.15) is 0 Å². The minimum absolute atomic E-state index is 0.00338. The van der Waals surface area contributed by atoms with E-state index in [0.717, 1.165) is 16.1 Å². The number of aryl methyl sites for hydroxylation is 1. The van der Waals surface area contributed by atoms with Crippen LogP contribution in [0.25, 0.3) is 0 Å². The summed E-state index contributed by atoms with van der Waals surface area (Å²) in [7, 11) is -3.73. The van der Waals surface area contributed by atoms with Crippen LogP contribution in [0.5, 0.6) is 5.75 Å². The maximum absolute atomic E-state index is 13.0. The van der Waals surface area contributed by atoms with Crippen LogP contribution in [0.15, 0.2) is 42.5 Å². The first-order valence-corrected chi connectivity index (χ1v) is 11.6. The third-order valence-electron chi connectivity index (χ3n) is 4.21. The standard InChI is InChI=1S/C21H27ClN2O4S/c1-6-20(21(25)23-16-8-7-9-18(12-16)28-14(2)3)24(29(5,26)27)17-11-10-15(4)19(22)13-17/h7-14,20H,6H2,1-5H3,(H,23,25)/t20-/m1/s1. The number of nitrogens with zero attached hydrogens (tertiary/aromatic N) is 1. The van der Waals surface area contributed by atoms with Crippen LogP contribution in [0.2, 0.25) is 5.02 Å². The Morgan fingerprint density at radius 1 is 1.21 bits per heavy atom. The van der Waals surface area contributed by atoms with Gasteiger partial charge < -0.3 is 10.1 Å². The van der Waals surface area contributed by atoms with Crippen molar-refractivity contribution in [1.82, 2.24) is 0 Å². The topological polar surface area (TPSA) is 75.7 Å². The Balaban J connectivity index is 2.35. The van der Waals surface area contributed by atoms with Crippen molar-refractivity contribution in [2.75, 3.05) is 15.9 Å². The van der Waals surface area contributed by atoms with E-state index in [0.29, 0.717) is 22.1 Å². The quantitative estimate of drug-likeness (QED) is 0.652. The second-order valence-corrected chi connectivity index (χ2v) is 9.37. The van der Waals surface area contributed by atoms with Crippen LogP contribution in [0.1, 0.15) is 32.8 Å². The maximum atomic E-state index is 13.0. The molecule has 2 aromatic rings. The normalized spacial score (nSPS) is 12.5. The Kier molecular flexibility index (Phi) is 7.54. The summed E-state index contributed by atoms with van der Waals surface area (Å²) in [5.41, 5.74) is 1.70. The monoisotopic (exact) mass is 438 g/mol. The van der Waals surface area contributed by atoms with Crippen molar-refractivity contribution in [1.29, 1.82) is 0 Å². The molecule has 0 fully saturated rings. The molecule has 0 aliphatic carbocycles. The molecule has 0 aliphatic rings. The van der Waals surface area contributed by atoms with E-state index in [9.17, 15) is 13.2 Å². The Morgan fingerprint density at radius 2 is 1.90 bits per heavy atom. The van der Waals surface area contributed by atoms with Crippen LogP contribution in [0, 0.1) is 6.92 Å². The molecule has 158 valence electrons. The number of sulfonamides is 1. The molecule has 2 rings (SSSR count). The number of nitrogens with one attached hydrogen (secondary N) is 1. The average molecular weight is 439 g/mol. The molecule has 1 atom stereocenters. The van der Waals surface area contributed by atoms with Gasteiger partial charge in [0, 0.05) is 16.8 Å². The van der Waals surface area contributed by atoms with E-state index in [1.165, 1.54) is 0 Å². The Hall–Kier alpha value is -2.25. The number of carbonyl (C=O) groups excluding carboxylic acids is 1. The zero-order valence-corrected chi connectivity index (χ0v) is 18.8. The van der Waals surface area contributed by atoms with E-state index in [-0.39, 0.29) is 12.5 Å². The number of anilines is 2. The van der Waals surface area contributed by atoms with Crippen LogP contribution in [-0.2, 0) is 14.8 Å². The number of amides is 1. The van der Waals surface area contributed by atoms with Gasteiger partial charge in [0.25, 0.3) is 0 Å². The van der Waals surface area contributed by atoms with E-state index >= 15 is 0 Å². The van der Waals surface area contributed by atoms with Gasteiger partial charge in [0.1, 0.15) is 11.8 Å². The van der Waals surface area contributed by atoms with Gasteiger partial charge in [0.15, 0.2) is 0 Å². The zero-order chi connectivity index (χ0) is 21.8. The van der Waals surface area contributed by atoms with Crippen LogP contribution in [0.4, 0.5) is 11.4 Å². The van der Waals surface area contributed by atoms with Crippen LogP contribution in [-0.4, -0.2) is 32.7 Å². The minimum Gasteiger partial charge on any atom is -0.491 e.